The second kappa shape index (κ2) is 4.19. The zero-order chi connectivity index (χ0) is 11.5. The average molecular weight is 210 g/mol. The average Bonchev–Trinajstić information content (AvgIpc) is 2.30. The molecule has 2 rings (SSSR count). The van der Waals surface area contributed by atoms with Crippen LogP contribution in [0.15, 0.2) is 48.5 Å². The van der Waals surface area contributed by atoms with E-state index in [1.54, 1.807) is 0 Å². The molecule has 0 radical (unpaired) electrons. The van der Waals surface area contributed by atoms with E-state index in [0.717, 1.165) is 11.1 Å². The van der Waals surface area contributed by atoms with Gasteiger partial charge in [0, 0.05) is 5.56 Å². The SMILES string of the molecule is Cc1ccc(-c2ccc(C(=N)N)cc2)cc1. The third-order valence-corrected chi connectivity index (χ3v) is 2.58. The maximum atomic E-state index is 7.32. The molecular weight excluding hydrogens is 196 g/mol. The molecule has 0 saturated heterocycles. The zero-order valence-electron chi connectivity index (χ0n) is 9.20. The van der Waals surface area contributed by atoms with Gasteiger partial charge in [-0.05, 0) is 18.1 Å². The predicted molar refractivity (Wildman–Crippen MR) is 67.6 cm³/mol. The lowest BCUT2D eigenvalue weighted by atomic mass is 10.0. The highest BCUT2D eigenvalue weighted by Gasteiger charge is 1.99. The molecule has 16 heavy (non-hydrogen) atoms. The molecule has 0 aromatic heterocycles. The Balaban J connectivity index is 2.34. The van der Waals surface area contributed by atoms with Crippen LogP contribution in [0.5, 0.6) is 0 Å². The van der Waals surface area contributed by atoms with Crippen LogP contribution in [0.1, 0.15) is 11.1 Å². The summed E-state index contributed by atoms with van der Waals surface area (Å²) in [4.78, 5) is 0. The van der Waals surface area contributed by atoms with Crippen molar-refractivity contribution in [3.8, 4) is 11.1 Å². The van der Waals surface area contributed by atoms with E-state index in [2.05, 4.69) is 31.2 Å². The summed E-state index contributed by atoms with van der Waals surface area (Å²) < 4.78 is 0. The molecule has 0 aliphatic carbocycles. The summed E-state index contributed by atoms with van der Waals surface area (Å²) in [5.41, 5.74) is 9.74. The van der Waals surface area contributed by atoms with Crippen LogP contribution in [-0.4, -0.2) is 5.84 Å². The second-order valence-electron chi connectivity index (χ2n) is 3.86. The molecule has 0 saturated carbocycles. The summed E-state index contributed by atoms with van der Waals surface area (Å²) in [7, 11) is 0. The Hall–Kier alpha value is -2.09. The van der Waals surface area contributed by atoms with Gasteiger partial charge in [-0.1, -0.05) is 54.1 Å². The summed E-state index contributed by atoms with van der Waals surface area (Å²) in [6.07, 6.45) is 0. The number of aryl methyl sites for hydroxylation is 1. The Morgan fingerprint density at radius 1 is 0.875 bits per heavy atom. The van der Waals surface area contributed by atoms with Crippen molar-refractivity contribution in [2.24, 2.45) is 5.73 Å². The van der Waals surface area contributed by atoms with Gasteiger partial charge in [0.1, 0.15) is 5.84 Å². The normalized spacial score (nSPS) is 10.1. The molecule has 0 aliphatic rings. The molecule has 2 aromatic rings. The van der Waals surface area contributed by atoms with Gasteiger partial charge in [0.15, 0.2) is 0 Å². The fourth-order valence-corrected chi connectivity index (χ4v) is 1.59. The molecule has 3 N–H and O–H groups in total. The van der Waals surface area contributed by atoms with Crippen LogP contribution in [0.25, 0.3) is 11.1 Å². The molecule has 2 nitrogen and oxygen atoms in total. The van der Waals surface area contributed by atoms with Crippen molar-refractivity contribution >= 4 is 5.84 Å². The highest BCUT2D eigenvalue weighted by molar-refractivity contribution is 5.95. The molecule has 0 atom stereocenters. The van der Waals surface area contributed by atoms with E-state index in [1.807, 2.05) is 24.3 Å². The van der Waals surface area contributed by atoms with Crippen LogP contribution >= 0.6 is 0 Å². The quantitative estimate of drug-likeness (QED) is 0.581. The van der Waals surface area contributed by atoms with E-state index >= 15 is 0 Å². The van der Waals surface area contributed by atoms with E-state index in [9.17, 15) is 0 Å². The van der Waals surface area contributed by atoms with Crippen LogP contribution in [0.2, 0.25) is 0 Å². The zero-order valence-corrected chi connectivity index (χ0v) is 9.20. The topological polar surface area (TPSA) is 49.9 Å². The van der Waals surface area contributed by atoms with Crippen LogP contribution in [0.3, 0.4) is 0 Å². The molecule has 0 fully saturated rings. The minimum Gasteiger partial charge on any atom is -0.384 e. The van der Waals surface area contributed by atoms with Gasteiger partial charge in [0.25, 0.3) is 0 Å². The lowest BCUT2D eigenvalue weighted by Gasteiger charge is -2.03. The number of rotatable bonds is 2. The molecule has 0 heterocycles. The van der Waals surface area contributed by atoms with Gasteiger partial charge >= 0.3 is 0 Å². The molecule has 2 heteroatoms. The van der Waals surface area contributed by atoms with Crippen molar-refractivity contribution in [2.75, 3.05) is 0 Å². The Kier molecular flexibility index (Phi) is 2.73. The fraction of sp³-hybridized carbons (Fsp3) is 0.0714. The van der Waals surface area contributed by atoms with Gasteiger partial charge in [0.2, 0.25) is 0 Å². The van der Waals surface area contributed by atoms with Crippen molar-refractivity contribution in [3.05, 3.63) is 59.7 Å². The van der Waals surface area contributed by atoms with Gasteiger partial charge in [-0.25, -0.2) is 0 Å². The molecule has 0 unspecified atom stereocenters. The number of hydrogen-bond acceptors (Lipinski definition) is 1. The Morgan fingerprint density at radius 2 is 1.31 bits per heavy atom. The fourth-order valence-electron chi connectivity index (χ4n) is 1.59. The molecule has 0 aliphatic heterocycles. The van der Waals surface area contributed by atoms with Gasteiger partial charge in [-0.3, -0.25) is 5.41 Å². The van der Waals surface area contributed by atoms with Crippen molar-refractivity contribution in [3.63, 3.8) is 0 Å². The van der Waals surface area contributed by atoms with Crippen LogP contribution in [-0.2, 0) is 0 Å². The van der Waals surface area contributed by atoms with E-state index in [1.165, 1.54) is 11.1 Å². The van der Waals surface area contributed by atoms with E-state index in [0.29, 0.717) is 0 Å². The Bertz CT molecular complexity index is 495. The first-order chi connectivity index (χ1) is 7.66. The lowest BCUT2D eigenvalue weighted by Crippen LogP contribution is -2.10. The number of nitrogens with one attached hydrogen (secondary N) is 1. The number of benzene rings is 2. The second-order valence-corrected chi connectivity index (χ2v) is 3.86. The van der Waals surface area contributed by atoms with Gasteiger partial charge < -0.3 is 5.73 Å². The number of hydrogen-bond donors (Lipinski definition) is 2. The van der Waals surface area contributed by atoms with Crippen molar-refractivity contribution in [2.45, 2.75) is 6.92 Å². The number of amidine groups is 1. The summed E-state index contributed by atoms with van der Waals surface area (Å²) in [5, 5.41) is 7.32. The summed E-state index contributed by atoms with van der Waals surface area (Å²) in [5.74, 6) is 0.107. The lowest BCUT2D eigenvalue weighted by molar-refractivity contribution is 1.42. The minimum atomic E-state index is 0.107. The first-order valence-corrected chi connectivity index (χ1v) is 5.18. The third-order valence-electron chi connectivity index (χ3n) is 2.58. The number of nitrogens with two attached hydrogens (primary N) is 1. The van der Waals surface area contributed by atoms with E-state index in [-0.39, 0.29) is 5.84 Å². The van der Waals surface area contributed by atoms with E-state index < -0.39 is 0 Å². The maximum Gasteiger partial charge on any atom is 0.122 e. The standard InChI is InChI=1S/C14H14N2/c1-10-2-4-11(5-3-10)12-6-8-13(9-7-12)14(15)16/h2-9H,1H3,(H3,15,16). The van der Waals surface area contributed by atoms with Gasteiger partial charge in [-0.2, -0.15) is 0 Å². The van der Waals surface area contributed by atoms with E-state index in [4.69, 9.17) is 11.1 Å². The molecule has 0 amide bonds. The first-order valence-electron chi connectivity index (χ1n) is 5.18. The monoisotopic (exact) mass is 210 g/mol. The van der Waals surface area contributed by atoms with Gasteiger partial charge in [0.05, 0.1) is 0 Å². The van der Waals surface area contributed by atoms with Crippen molar-refractivity contribution < 1.29 is 0 Å². The Morgan fingerprint density at radius 3 is 1.75 bits per heavy atom. The number of nitrogen functional groups attached to an aromatic ring is 1. The summed E-state index contributed by atoms with van der Waals surface area (Å²) in [6, 6.07) is 16.1. The largest absolute Gasteiger partial charge is 0.384 e. The smallest absolute Gasteiger partial charge is 0.122 e. The van der Waals surface area contributed by atoms with Crippen LogP contribution < -0.4 is 5.73 Å². The maximum absolute atomic E-state index is 7.32. The third kappa shape index (κ3) is 2.11. The summed E-state index contributed by atoms with van der Waals surface area (Å²) >= 11 is 0. The van der Waals surface area contributed by atoms with Gasteiger partial charge in [-0.15, -0.1) is 0 Å². The molecule has 80 valence electrons. The molecule has 0 spiro atoms. The first kappa shape index (κ1) is 10.4. The van der Waals surface area contributed by atoms with Crippen LogP contribution in [0.4, 0.5) is 0 Å². The minimum absolute atomic E-state index is 0.107. The van der Waals surface area contributed by atoms with Crippen molar-refractivity contribution in [1.29, 1.82) is 5.41 Å². The highest BCUT2D eigenvalue weighted by Crippen LogP contribution is 2.19. The molecule has 2 aromatic carbocycles. The van der Waals surface area contributed by atoms with Crippen molar-refractivity contribution in [1.82, 2.24) is 0 Å². The highest BCUT2D eigenvalue weighted by atomic mass is 14.7. The predicted octanol–water partition coefficient (Wildman–Crippen LogP) is 2.95. The molecular formula is C14H14N2. The van der Waals surface area contributed by atoms with Crippen LogP contribution in [0, 0.1) is 12.3 Å². The molecule has 0 bridgehead atoms. The Labute approximate surface area is 95.2 Å². The summed E-state index contributed by atoms with van der Waals surface area (Å²) in [6.45, 7) is 2.07.